The molecule has 0 saturated heterocycles. The first-order valence-electron chi connectivity index (χ1n) is 5.45. The van der Waals surface area contributed by atoms with Gasteiger partial charge in [0.1, 0.15) is 11.5 Å². The van der Waals surface area contributed by atoms with Gasteiger partial charge in [-0.1, -0.05) is 11.6 Å². The third-order valence-corrected chi connectivity index (χ3v) is 3.95. The number of halogens is 2. The van der Waals surface area contributed by atoms with E-state index in [1.54, 1.807) is 0 Å². The number of hydrogen-bond donors (Lipinski definition) is 1. The number of methoxy groups -OCH3 is 1. The lowest BCUT2D eigenvalue weighted by Crippen LogP contribution is -2.19. The summed E-state index contributed by atoms with van der Waals surface area (Å²) in [6.45, 7) is 0.548. The molecule has 1 aromatic rings. The minimum atomic E-state index is -3.91. The van der Waals surface area contributed by atoms with Crippen LogP contribution < -0.4 is 5.32 Å². The topological polar surface area (TPSA) is 81.7 Å². The van der Waals surface area contributed by atoms with Crippen LogP contribution in [0.5, 0.6) is 0 Å². The summed E-state index contributed by atoms with van der Waals surface area (Å²) in [5.41, 5.74) is 0.347. The Bertz CT molecular complexity index is 576. The molecule has 1 aromatic carbocycles. The monoisotopic (exact) mass is 341 g/mol. The molecular weight excluding hydrogens is 329 g/mol. The van der Waals surface area contributed by atoms with Crippen LogP contribution in [0.2, 0.25) is 5.02 Å². The van der Waals surface area contributed by atoms with Crippen LogP contribution in [0.25, 0.3) is 0 Å². The van der Waals surface area contributed by atoms with Gasteiger partial charge in [-0.15, -0.1) is 0 Å². The molecule has 112 valence electrons. The summed E-state index contributed by atoms with van der Waals surface area (Å²) < 4.78 is 32.1. The average Bonchev–Trinajstić information content (AvgIpc) is 2.33. The number of hydrogen-bond acceptors (Lipinski definition) is 5. The zero-order valence-corrected chi connectivity index (χ0v) is 12.9. The van der Waals surface area contributed by atoms with E-state index in [1.807, 2.05) is 0 Å². The molecule has 1 amide bonds. The highest BCUT2D eigenvalue weighted by Crippen LogP contribution is 2.27. The fourth-order valence-corrected chi connectivity index (χ4v) is 2.81. The summed E-state index contributed by atoms with van der Waals surface area (Å²) in [4.78, 5) is 11.3. The lowest BCUT2D eigenvalue weighted by atomic mass is 10.3. The van der Waals surface area contributed by atoms with Crippen molar-refractivity contribution < 1.29 is 22.7 Å². The molecule has 0 aliphatic rings. The van der Waals surface area contributed by atoms with E-state index in [4.69, 9.17) is 31.8 Å². The lowest BCUT2D eigenvalue weighted by molar-refractivity contribution is -0.121. The van der Waals surface area contributed by atoms with Crippen LogP contribution in [0.15, 0.2) is 23.1 Å². The molecule has 0 unspecified atom stereocenters. The average molecular weight is 342 g/mol. The van der Waals surface area contributed by atoms with Crippen molar-refractivity contribution >= 4 is 42.9 Å². The molecule has 0 fully saturated rings. The maximum atomic E-state index is 11.5. The van der Waals surface area contributed by atoms with Gasteiger partial charge in [0.2, 0.25) is 5.91 Å². The molecule has 0 spiro atoms. The van der Waals surface area contributed by atoms with Crippen LogP contribution >= 0.6 is 22.3 Å². The van der Waals surface area contributed by atoms with Gasteiger partial charge in [-0.2, -0.15) is 0 Å². The second-order valence-corrected chi connectivity index (χ2v) is 6.62. The van der Waals surface area contributed by atoms with Gasteiger partial charge in [0.15, 0.2) is 0 Å². The van der Waals surface area contributed by atoms with Crippen LogP contribution in [0, 0.1) is 0 Å². The summed E-state index contributed by atoms with van der Waals surface area (Å²) in [5, 5.41) is 2.44. The van der Waals surface area contributed by atoms with E-state index in [1.165, 1.54) is 25.3 Å². The van der Waals surface area contributed by atoms with E-state index < -0.39 is 15.0 Å². The molecule has 0 heterocycles. The molecule has 0 aliphatic heterocycles. The molecule has 0 atom stereocenters. The Labute approximate surface area is 126 Å². The predicted octanol–water partition coefficient (Wildman–Crippen LogP) is 1.87. The Kier molecular flexibility index (Phi) is 6.70. The molecule has 0 saturated carbocycles. The first-order valence-corrected chi connectivity index (χ1v) is 8.14. The number of carbonyl (C=O) groups is 1. The Morgan fingerprint density at radius 2 is 2.05 bits per heavy atom. The van der Waals surface area contributed by atoms with Gasteiger partial charge in [0.05, 0.1) is 18.2 Å². The third kappa shape index (κ3) is 5.64. The zero-order chi connectivity index (χ0) is 15.2. The molecule has 0 aliphatic carbocycles. The lowest BCUT2D eigenvalue weighted by Gasteiger charge is -2.07. The molecule has 1 N–H and O–H groups in total. The largest absolute Gasteiger partial charge is 0.382 e. The van der Waals surface area contributed by atoms with Gasteiger partial charge < -0.3 is 14.8 Å². The van der Waals surface area contributed by atoms with E-state index >= 15 is 0 Å². The van der Waals surface area contributed by atoms with Crippen molar-refractivity contribution in [2.24, 2.45) is 0 Å². The number of ether oxygens (including phenoxy) is 2. The van der Waals surface area contributed by atoms with Crippen LogP contribution in [0.1, 0.15) is 0 Å². The Balaban J connectivity index is 2.61. The van der Waals surface area contributed by atoms with E-state index in [9.17, 15) is 13.2 Å². The van der Waals surface area contributed by atoms with Crippen LogP contribution in [0.3, 0.4) is 0 Å². The maximum absolute atomic E-state index is 11.5. The third-order valence-electron chi connectivity index (χ3n) is 2.14. The predicted molar refractivity (Wildman–Crippen MR) is 75.8 cm³/mol. The number of nitrogens with one attached hydrogen (secondary N) is 1. The van der Waals surface area contributed by atoms with Crippen molar-refractivity contribution in [1.82, 2.24) is 0 Å². The Morgan fingerprint density at radius 3 is 2.60 bits per heavy atom. The number of carbonyl (C=O) groups excluding carboxylic acids is 1. The highest BCUT2D eigenvalue weighted by molar-refractivity contribution is 8.13. The van der Waals surface area contributed by atoms with Gasteiger partial charge in [0, 0.05) is 23.5 Å². The second kappa shape index (κ2) is 7.80. The zero-order valence-electron chi connectivity index (χ0n) is 10.6. The SMILES string of the molecule is COCCOCC(=O)Nc1ccc(S(=O)(=O)Cl)c(Cl)c1. The van der Waals surface area contributed by atoms with Gasteiger partial charge in [0.25, 0.3) is 9.05 Å². The van der Waals surface area contributed by atoms with E-state index in [0.29, 0.717) is 18.9 Å². The summed E-state index contributed by atoms with van der Waals surface area (Å²) in [7, 11) is 2.80. The van der Waals surface area contributed by atoms with Gasteiger partial charge in [-0.3, -0.25) is 4.79 Å². The van der Waals surface area contributed by atoms with Crippen molar-refractivity contribution in [2.45, 2.75) is 4.90 Å². The molecular formula is C11H13Cl2NO5S. The molecule has 1 rings (SSSR count). The number of benzene rings is 1. The summed E-state index contributed by atoms with van der Waals surface area (Å²) in [6.07, 6.45) is 0. The first kappa shape index (κ1) is 17.2. The maximum Gasteiger partial charge on any atom is 0.262 e. The van der Waals surface area contributed by atoms with Gasteiger partial charge >= 0.3 is 0 Å². The van der Waals surface area contributed by atoms with Crippen molar-refractivity contribution in [2.75, 3.05) is 32.2 Å². The first-order chi connectivity index (χ1) is 9.34. The highest BCUT2D eigenvalue weighted by Gasteiger charge is 2.15. The van der Waals surface area contributed by atoms with Crippen LogP contribution in [-0.2, 0) is 23.3 Å². The molecule has 6 nitrogen and oxygen atoms in total. The van der Waals surface area contributed by atoms with Crippen LogP contribution in [-0.4, -0.2) is 41.3 Å². The van der Waals surface area contributed by atoms with E-state index in [-0.39, 0.29) is 16.5 Å². The number of amides is 1. The molecule has 20 heavy (non-hydrogen) atoms. The summed E-state index contributed by atoms with van der Waals surface area (Å²) in [5.74, 6) is -0.390. The van der Waals surface area contributed by atoms with Crippen molar-refractivity contribution in [3.05, 3.63) is 23.2 Å². The smallest absolute Gasteiger partial charge is 0.262 e. The molecule has 0 radical (unpaired) electrons. The minimum Gasteiger partial charge on any atom is -0.382 e. The molecule has 0 aromatic heterocycles. The highest BCUT2D eigenvalue weighted by atomic mass is 35.7. The fourth-order valence-electron chi connectivity index (χ4n) is 1.28. The van der Waals surface area contributed by atoms with Gasteiger partial charge in [-0.05, 0) is 18.2 Å². The van der Waals surface area contributed by atoms with Crippen molar-refractivity contribution in [3.63, 3.8) is 0 Å². The van der Waals surface area contributed by atoms with Crippen LogP contribution in [0.4, 0.5) is 5.69 Å². The second-order valence-electron chi connectivity index (χ2n) is 3.68. The number of anilines is 1. The summed E-state index contributed by atoms with van der Waals surface area (Å²) in [6, 6.07) is 3.89. The van der Waals surface area contributed by atoms with Crippen molar-refractivity contribution in [1.29, 1.82) is 0 Å². The minimum absolute atomic E-state index is 0.0712. The molecule has 0 bridgehead atoms. The van der Waals surface area contributed by atoms with Gasteiger partial charge in [-0.25, -0.2) is 8.42 Å². The normalized spacial score (nSPS) is 11.3. The van der Waals surface area contributed by atoms with E-state index in [0.717, 1.165) is 0 Å². The van der Waals surface area contributed by atoms with E-state index in [2.05, 4.69) is 5.32 Å². The Morgan fingerprint density at radius 1 is 1.35 bits per heavy atom. The fraction of sp³-hybridized carbons (Fsp3) is 0.364. The Hall–Kier alpha value is -0.860. The standard InChI is InChI=1S/C11H13Cl2NO5S/c1-18-4-5-19-7-11(15)14-8-2-3-10(9(12)6-8)20(13,16)17/h2-3,6H,4-5,7H2,1H3,(H,14,15). The van der Waals surface area contributed by atoms with Crippen molar-refractivity contribution in [3.8, 4) is 0 Å². The summed E-state index contributed by atoms with van der Waals surface area (Å²) >= 11 is 5.78. The molecule has 9 heteroatoms. The number of rotatable bonds is 7. The quantitative estimate of drug-likeness (QED) is 0.604.